The Morgan fingerprint density at radius 1 is 0.961 bits per heavy atom. The second-order valence-electron chi connectivity index (χ2n) is 15.0. The average molecular weight is 694 g/mol. The lowest BCUT2D eigenvalue weighted by Gasteiger charge is -2.32. The average Bonchev–Trinajstić information content (AvgIpc) is 3.73. The van der Waals surface area contributed by atoms with E-state index in [0.29, 0.717) is 6.61 Å². The number of benzene rings is 2. The SMILES string of the molecule is CCCCc1cc(COCCN2CCCCC2)cc(NC(=O)N[C@H]2CC[C@@H](Oc3ccc4nnc([C@]5(C)CCCN5C)n4c3)c3ccccc32)c1. The van der Waals surface area contributed by atoms with Gasteiger partial charge >= 0.3 is 6.03 Å². The number of pyridine rings is 1. The first-order chi connectivity index (χ1) is 24.9. The van der Waals surface area contributed by atoms with Crippen LogP contribution in [-0.4, -0.2) is 70.3 Å². The summed E-state index contributed by atoms with van der Waals surface area (Å²) in [6.45, 7) is 10.1. The summed E-state index contributed by atoms with van der Waals surface area (Å²) in [4.78, 5) is 18.4. The number of unbranched alkanes of at least 4 members (excludes halogenated alkanes) is 1. The minimum absolute atomic E-state index is 0.119. The van der Waals surface area contributed by atoms with Crippen LogP contribution in [0.25, 0.3) is 5.65 Å². The molecule has 0 spiro atoms. The molecule has 2 saturated heterocycles. The van der Waals surface area contributed by atoms with Crippen molar-refractivity contribution in [3.63, 3.8) is 0 Å². The normalized spacial score (nSPS) is 22.6. The molecule has 4 aromatic rings. The third-order valence-electron chi connectivity index (χ3n) is 11.3. The molecule has 0 saturated carbocycles. The van der Waals surface area contributed by atoms with Crippen LogP contribution in [-0.2, 0) is 23.3 Å². The van der Waals surface area contributed by atoms with Gasteiger partial charge in [0, 0.05) is 12.2 Å². The number of carbonyl (C=O) groups excluding carboxylic acids is 1. The molecule has 272 valence electrons. The van der Waals surface area contributed by atoms with E-state index in [2.05, 4.69) is 86.3 Å². The molecule has 2 amide bonds. The Labute approximate surface area is 302 Å². The summed E-state index contributed by atoms with van der Waals surface area (Å²) >= 11 is 0. The van der Waals surface area contributed by atoms with Gasteiger partial charge in [-0.3, -0.25) is 9.30 Å². The Morgan fingerprint density at radius 2 is 1.78 bits per heavy atom. The zero-order chi connectivity index (χ0) is 35.2. The topological polar surface area (TPSA) is 96.3 Å². The van der Waals surface area contributed by atoms with Crippen molar-refractivity contribution >= 4 is 17.4 Å². The van der Waals surface area contributed by atoms with Crippen molar-refractivity contribution < 1.29 is 14.3 Å². The van der Waals surface area contributed by atoms with Gasteiger partial charge in [-0.25, -0.2) is 4.79 Å². The fourth-order valence-corrected chi connectivity index (χ4v) is 8.21. The van der Waals surface area contributed by atoms with Gasteiger partial charge in [-0.15, -0.1) is 10.2 Å². The van der Waals surface area contributed by atoms with Crippen LogP contribution >= 0.6 is 0 Å². The number of likely N-dealkylation sites (tertiary alicyclic amines) is 2. The molecule has 0 bridgehead atoms. The zero-order valence-electron chi connectivity index (χ0n) is 30.7. The summed E-state index contributed by atoms with van der Waals surface area (Å²) in [6.07, 6.45) is 12.8. The number of nitrogens with zero attached hydrogens (tertiary/aromatic N) is 5. The third kappa shape index (κ3) is 8.24. The summed E-state index contributed by atoms with van der Waals surface area (Å²) < 4.78 is 14.9. The molecule has 4 heterocycles. The molecule has 2 fully saturated rings. The molecule has 0 radical (unpaired) electrons. The highest BCUT2D eigenvalue weighted by Gasteiger charge is 2.40. The number of nitrogens with one attached hydrogen (secondary N) is 2. The van der Waals surface area contributed by atoms with Crippen LogP contribution in [0, 0.1) is 0 Å². The number of hydrogen-bond donors (Lipinski definition) is 2. The van der Waals surface area contributed by atoms with Crippen LogP contribution in [0.3, 0.4) is 0 Å². The van der Waals surface area contributed by atoms with Crippen LogP contribution in [0.5, 0.6) is 5.75 Å². The minimum atomic E-state index is -0.199. The molecule has 51 heavy (non-hydrogen) atoms. The first kappa shape index (κ1) is 35.4. The number of aromatic nitrogens is 3. The predicted octanol–water partition coefficient (Wildman–Crippen LogP) is 7.79. The number of carbonyl (C=O) groups is 1. The lowest BCUT2D eigenvalue weighted by atomic mass is 9.85. The summed E-state index contributed by atoms with van der Waals surface area (Å²) in [5.41, 5.74) is 5.99. The Bertz CT molecular complexity index is 1790. The highest BCUT2D eigenvalue weighted by molar-refractivity contribution is 5.89. The molecule has 10 heteroatoms. The van der Waals surface area contributed by atoms with E-state index in [9.17, 15) is 4.79 Å². The maximum absolute atomic E-state index is 13.5. The quantitative estimate of drug-likeness (QED) is 0.138. The number of anilines is 1. The maximum atomic E-state index is 13.5. The van der Waals surface area contributed by atoms with Crippen molar-refractivity contribution in [3.05, 3.63) is 88.9 Å². The van der Waals surface area contributed by atoms with Crippen molar-refractivity contribution in [2.75, 3.05) is 45.2 Å². The Balaban J connectivity index is 1.00. The number of fused-ring (bicyclic) bond motifs is 2. The van der Waals surface area contributed by atoms with Crippen LogP contribution < -0.4 is 15.4 Å². The standard InChI is InChI=1S/C41H55N7O3/c1-4-5-12-30-25-31(29-50-24-23-47-21-9-6-10-22-47)27-32(26-30)42-40(49)43-36-16-17-37(35-14-8-7-13-34(35)36)51-33-15-18-38-44-45-39(48(38)28-33)41(2)19-11-20-46(41)3/h7-8,13-15,18,25-28,36-37H,4-6,9-12,16-17,19-24,29H2,1-3H3,(H2,42,43,49)/t36-,37+,41-/m0/s1. The van der Waals surface area contributed by atoms with Gasteiger partial charge < -0.3 is 25.0 Å². The van der Waals surface area contributed by atoms with Gasteiger partial charge in [-0.2, -0.15) is 0 Å². The van der Waals surface area contributed by atoms with Crippen LogP contribution in [0.2, 0.25) is 0 Å². The van der Waals surface area contributed by atoms with Crippen LogP contribution in [0.1, 0.15) is 112 Å². The first-order valence-corrected chi connectivity index (χ1v) is 19.2. The van der Waals surface area contributed by atoms with Crippen molar-refractivity contribution in [1.29, 1.82) is 0 Å². The van der Waals surface area contributed by atoms with Crippen molar-refractivity contribution in [2.45, 2.75) is 102 Å². The van der Waals surface area contributed by atoms with Crippen molar-refractivity contribution in [2.24, 2.45) is 0 Å². The number of rotatable bonds is 13. The predicted molar refractivity (Wildman–Crippen MR) is 201 cm³/mol. The van der Waals surface area contributed by atoms with E-state index in [-0.39, 0.29) is 23.7 Å². The summed E-state index contributed by atoms with van der Waals surface area (Å²) in [5.74, 6) is 1.73. The fourth-order valence-electron chi connectivity index (χ4n) is 8.21. The smallest absolute Gasteiger partial charge is 0.319 e. The van der Waals surface area contributed by atoms with Gasteiger partial charge in [-0.1, -0.05) is 50.1 Å². The number of ether oxygens (including phenoxy) is 2. The lowest BCUT2D eigenvalue weighted by Crippen LogP contribution is -2.37. The van der Waals surface area contributed by atoms with E-state index in [0.717, 1.165) is 104 Å². The molecular weight excluding hydrogens is 638 g/mol. The van der Waals surface area contributed by atoms with Gasteiger partial charge in [-0.05, 0) is 131 Å². The molecule has 7 rings (SSSR count). The van der Waals surface area contributed by atoms with Gasteiger partial charge in [0.05, 0.1) is 31.0 Å². The van der Waals surface area contributed by atoms with Crippen LogP contribution in [0.4, 0.5) is 10.5 Å². The van der Waals surface area contributed by atoms with Gasteiger partial charge in [0.25, 0.3) is 0 Å². The lowest BCUT2D eigenvalue weighted by molar-refractivity contribution is 0.0863. The Kier molecular flexibility index (Phi) is 11.2. The third-order valence-corrected chi connectivity index (χ3v) is 11.3. The van der Waals surface area contributed by atoms with E-state index in [4.69, 9.17) is 9.47 Å². The second-order valence-corrected chi connectivity index (χ2v) is 15.0. The van der Waals surface area contributed by atoms with Gasteiger partial charge in [0.1, 0.15) is 11.9 Å². The molecule has 2 N–H and O–H groups in total. The second kappa shape index (κ2) is 16.1. The van der Waals surface area contributed by atoms with Crippen LogP contribution in [0.15, 0.2) is 60.8 Å². The molecule has 3 aliphatic rings. The molecule has 10 nitrogen and oxygen atoms in total. The number of hydrogen-bond acceptors (Lipinski definition) is 7. The largest absolute Gasteiger partial charge is 0.484 e. The number of piperidine rings is 1. The minimum Gasteiger partial charge on any atom is -0.484 e. The Hall–Kier alpha value is -3.99. The molecule has 2 aromatic heterocycles. The zero-order valence-corrected chi connectivity index (χ0v) is 30.7. The number of amides is 2. The van der Waals surface area contributed by atoms with E-state index < -0.39 is 0 Å². The summed E-state index contributed by atoms with van der Waals surface area (Å²) in [5, 5.41) is 15.5. The van der Waals surface area contributed by atoms with E-state index in [1.807, 2.05) is 30.5 Å². The van der Waals surface area contributed by atoms with Gasteiger partial charge in [0.15, 0.2) is 11.5 Å². The summed E-state index contributed by atoms with van der Waals surface area (Å²) in [7, 11) is 2.16. The molecular formula is C41H55N7O3. The molecule has 2 aliphatic heterocycles. The summed E-state index contributed by atoms with van der Waals surface area (Å²) in [6, 6.07) is 18.4. The number of urea groups is 1. The fraction of sp³-hybridized carbons (Fsp3) is 0.537. The Morgan fingerprint density at radius 3 is 2.59 bits per heavy atom. The number of aryl methyl sites for hydroxylation is 1. The monoisotopic (exact) mass is 693 g/mol. The van der Waals surface area contributed by atoms with Crippen molar-refractivity contribution in [1.82, 2.24) is 29.7 Å². The molecule has 1 aliphatic carbocycles. The van der Waals surface area contributed by atoms with Gasteiger partial charge in [0.2, 0.25) is 0 Å². The molecule has 0 unspecified atom stereocenters. The van der Waals surface area contributed by atoms with E-state index >= 15 is 0 Å². The highest BCUT2D eigenvalue weighted by atomic mass is 16.5. The highest BCUT2D eigenvalue weighted by Crippen LogP contribution is 2.40. The van der Waals surface area contributed by atoms with E-state index in [1.54, 1.807) is 0 Å². The molecule has 3 atom stereocenters. The molecule has 2 aromatic carbocycles. The van der Waals surface area contributed by atoms with Crippen molar-refractivity contribution in [3.8, 4) is 5.75 Å². The first-order valence-electron chi connectivity index (χ1n) is 19.2. The maximum Gasteiger partial charge on any atom is 0.319 e. The van der Waals surface area contributed by atoms with E-state index in [1.165, 1.54) is 37.9 Å².